The lowest BCUT2D eigenvalue weighted by Gasteiger charge is -2.34. The highest BCUT2D eigenvalue weighted by molar-refractivity contribution is 5.56. The second kappa shape index (κ2) is 7.75. The summed E-state index contributed by atoms with van der Waals surface area (Å²) < 4.78 is 5.73. The van der Waals surface area contributed by atoms with E-state index in [-0.39, 0.29) is 0 Å². The maximum absolute atomic E-state index is 5.73. The molecule has 1 saturated carbocycles. The smallest absolute Gasteiger partial charge is 0.152 e. The van der Waals surface area contributed by atoms with Crippen LogP contribution in [0.2, 0.25) is 0 Å². The minimum atomic E-state index is 0.612. The van der Waals surface area contributed by atoms with Crippen molar-refractivity contribution in [3.05, 3.63) is 29.7 Å². The first-order chi connectivity index (χ1) is 12.3. The largest absolute Gasteiger partial charge is 0.460 e. The van der Waals surface area contributed by atoms with Gasteiger partial charge in [0.1, 0.15) is 11.5 Å². The second-order valence-corrected chi connectivity index (χ2v) is 7.79. The maximum atomic E-state index is 5.73. The van der Waals surface area contributed by atoms with Gasteiger partial charge in [-0.15, -0.1) is 0 Å². The van der Waals surface area contributed by atoms with Crippen LogP contribution in [0.15, 0.2) is 22.7 Å². The number of piperidine rings is 1. The Morgan fingerprint density at radius 1 is 1.20 bits per heavy atom. The van der Waals surface area contributed by atoms with Gasteiger partial charge in [-0.25, -0.2) is 0 Å². The fraction of sp³-hybridized carbons (Fsp3) is 0.650. The SMILES string of the molecule is Cc1ccc(-c2[nH]ncc2CNC2CCN(CC3CCCC3)CC2)o1. The molecule has 2 aromatic heterocycles. The summed E-state index contributed by atoms with van der Waals surface area (Å²) in [5.41, 5.74) is 2.18. The third-order valence-corrected chi connectivity index (χ3v) is 5.86. The zero-order valence-electron chi connectivity index (χ0n) is 15.3. The third kappa shape index (κ3) is 4.15. The number of aryl methyl sites for hydroxylation is 1. The van der Waals surface area contributed by atoms with Crippen molar-refractivity contribution in [1.29, 1.82) is 0 Å². The minimum absolute atomic E-state index is 0.612. The van der Waals surface area contributed by atoms with Gasteiger partial charge in [-0.3, -0.25) is 5.10 Å². The van der Waals surface area contributed by atoms with Crippen molar-refractivity contribution in [2.24, 2.45) is 5.92 Å². The fourth-order valence-electron chi connectivity index (χ4n) is 4.36. The highest BCUT2D eigenvalue weighted by Crippen LogP contribution is 2.27. The van der Waals surface area contributed by atoms with Crippen LogP contribution >= 0.6 is 0 Å². The Labute approximate surface area is 150 Å². The molecule has 4 rings (SSSR count). The lowest BCUT2D eigenvalue weighted by atomic mass is 10.0. The first kappa shape index (κ1) is 16.9. The molecular formula is C20H30N4O. The zero-order valence-corrected chi connectivity index (χ0v) is 15.3. The van der Waals surface area contributed by atoms with Gasteiger partial charge in [-0.1, -0.05) is 12.8 Å². The molecule has 1 saturated heterocycles. The van der Waals surface area contributed by atoms with E-state index >= 15 is 0 Å². The van der Waals surface area contributed by atoms with Gasteiger partial charge >= 0.3 is 0 Å². The molecule has 2 fully saturated rings. The third-order valence-electron chi connectivity index (χ3n) is 5.86. The number of hydrogen-bond acceptors (Lipinski definition) is 4. The van der Waals surface area contributed by atoms with Gasteiger partial charge in [-0.05, 0) is 63.7 Å². The standard InChI is InChI=1S/C20H30N4O/c1-15-6-7-19(25-15)20-17(13-22-23-20)12-21-18-8-10-24(11-9-18)14-16-4-2-3-5-16/h6-7,13,16,18,21H,2-5,8-12,14H2,1H3,(H,22,23). The molecule has 1 aliphatic carbocycles. The molecule has 25 heavy (non-hydrogen) atoms. The number of aromatic amines is 1. The summed E-state index contributed by atoms with van der Waals surface area (Å²) in [6.45, 7) is 6.63. The van der Waals surface area contributed by atoms with Crippen LogP contribution < -0.4 is 5.32 Å². The van der Waals surface area contributed by atoms with Crippen molar-refractivity contribution in [3.63, 3.8) is 0 Å². The molecular weight excluding hydrogens is 312 g/mol. The first-order valence-corrected chi connectivity index (χ1v) is 9.83. The van der Waals surface area contributed by atoms with Crippen LogP contribution in [0, 0.1) is 12.8 Å². The minimum Gasteiger partial charge on any atom is -0.460 e. The molecule has 2 N–H and O–H groups in total. The van der Waals surface area contributed by atoms with Crippen LogP contribution in [0.4, 0.5) is 0 Å². The monoisotopic (exact) mass is 342 g/mol. The summed E-state index contributed by atoms with van der Waals surface area (Å²) in [5.74, 6) is 2.77. The fourth-order valence-corrected chi connectivity index (χ4v) is 4.36. The van der Waals surface area contributed by atoms with E-state index in [9.17, 15) is 0 Å². The van der Waals surface area contributed by atoms with Crippen molar-refractivity contribution in [3.8, 4) is 11.5 Å². The summed E-state index contributed by atoms with van der Waals surface area (Å²) in [6, 6.07) is 4.61. The lowest BCUT2D eigenvalue weighted by molar-refractivity contribution is 0.172. The summed E-state index contributed by atoms with van der Waals surface area (Å²) >= 11 is 0. The first-order valence-electron chi connectivity index (χ1n) is 9.83. The van der Waals surface area contributed by atoms with Crippen LogP contribution in [-0.4, -0.2) is 40.8 Å². The van der Waals surface area contributed by atoms with E-state index < -0.39 is 0 Å². The number of hydrogen-bond donors (Lipinski definition) is 2. The molecule has 1 aliphatic heterocycles. The van der Waals surface area contributed by atoms with Gasteiger partial charge in [0.05, 0.1) is 6.20 Å². The van der Waals surface area contributed by atoms with Gasteiger partial charge in [0, 0.05) is 24.7 Å². The molecule has 0 atom stereocenters. The molecule has 0 aromatic carbocycles. The van der Waals surface area contributed by atoms with E-state index in [1.807, 2.05) is 25.3 Å². The van der Waals surface area contributed by atoms with Gasteiger partial charge < -0.3 is 14.6 Å². The molecule has 0 bridgehead atoms. The van der Waals surface area contributed by atoms with E-state index in [4.69, 9.17) is 4.42 Å². The Hall–Kier alpha value is -1.59. The predicted molar refractivity (Wildman–Crippen MR) is 99.3 cm³/mol. The van der Waals surface area contributed by atoms with Crippen LogP contribution in [0.5, 0.6) is 0 Å². The molecule has 0 amide bonds. The number of likely N-dealkylation sites (tertiary alicyclic amines) is 1. The average Bonchev–Trinajstić information content (AvgIpc) is 3.36. The van der Waals surface area contributed by atoms with Crippen LogP contribution in [-0.2, 0) is 6.54 Å². The van der Waals surface area contributed by atoms with Crippen molar-refractivity contribution in [1.82, 2.24) is 20.4 Å². The Morgan fingerprint density at radius 3 is 2.72 bits per heavy atom. The van der Waals surface area contributed by atoms with Crippen molar-refractivity contribution >= 4 is 0 Å². The molecule has 0 spiro atoms. The number of nitrogens with one attached hydrogen (secondary N) is 2. The summed E-state index contributed by atoms with van der Waals surface area (Å²) in [6.07, 6.45) is 10.2. The van der Waals surface area contributed by atoms with Crippen molar-refractivity contribution in [2.75, 3.05) is 19.6 Å². The van der Waals surface area contributed by atoms with E-state index in [1.165, 1.54) is 63.7 Å². The summed E-state index contributed by atoms with van der Waals surface area (Å²) in [7, 11) is 0. The summed E-state index contributed by atoms with van der Waals surface area (Å²) in [5, 5.41) is 11.0. The lowest BCUT2D eigenvalue weighted by Crippen LogP contribution is -2.43. The number of furan rings is 1. The molecule has 0 unspecified atom stereocenters. The molecule has 136 valence electrons. The van der Waals surface area contributed by atoms with Gasteiger partial charge in [0.2, 0.25) is 0 Å². The van der Waals surface area contributed by atoms with E-state index in [0.717, 1.165) is 29.7 Å². The Kier molecular flexibility index (Phi) is 5.22. The number of aromatic nitrogens is 2. The molecule has 2 aliphatic rings. The zero-order chi connectivity index (χ0) is 17.1. The quantitative estimate of drug-likeness (QED) is 0.840. The topological polar surface area (TPSA) is 57.1 Å². The van der Waals surface area contributed by atoms with Gasteiger partial charge in [0.15, 0.2) is 5.76 Å². The van der Waals surface area contributed by atoms with Gasteiger partial charge in [0.25, 0.3) is 0 Å². The predicted octanol–water partition coefficient (Wildman–Crippen LogP) is 3.72. The Morgan fingerprint density at radius 2 is 2.00 bits per heavy atom. The maximum Gasteiger partial charge on any atom is 0.152 e. The number of H-pyrrole nitrogens is 1. The average molecular weight is 342 g/mol. The molecule has 3 heterocycles. The highest BCUT2D eigenvalue weighted by Gasteiger charge is 2.23. The number of rotatable bonds is 6. The van der Waals surface area contributed by atoms with Crippen LogP contribution in [0.3, 0.4) is 0 Å². The van der Waals surface area contributed by atoms with Gasteiger partial charge in [-0.2, -0.15) is 5.10 Å². The summed E-state index contributed by atoms with van der Waals surface area (Å²) in [4.78, 5) is 2.68. The van der Waals surface area contributed by atoms with E-state index in [2.05, 4.69) is 20.4 Å². The van der Waals surface area contributed by atoms with Crippen molar-refractivity contribution in [2.45, 2.75) is 58.0 Å². The van der Waals surface area contributed by atoms with Crippen LogP contribution in [0.25, 0.3) is 11.5 Å². The highest BCUT2D eigenvalue weighted by atomic mass is 16.3. The number of nitrogens with zero attached hydrogens (tertiary/aromatic N) is 2. The Balaban J connectivity index is 1.25. The normalized spacial score (nSPS) is 20.5. The van der Waals surface area contributed by atoms with Crippen molar-refractivity contribution < 1.29 is 4.42 Å². The second-order valence-electron chi connectivity index (χ2n) is 7.79. The van der Waals surface area contributed by atoms with E-state index in [1.54, 1.807) is 0 Å². The molecule has 5 nitrogen and oxygen atoms in total. The Bertz CT molecular complexity index is 663. The molecule has 5 heteroatoms. The van der Waals surface area contributed by atoms with Crippen LogP contribution in [0.1, 0.15) is 49.8 Å². The van der Waals surface area contributed by atoms with E-state index in [0.29, 0.717) is 6.04 Å². The molecule has 0 radical (unpaired) electrons. The molecule has 2 aromatic rings.